The molecule has 0 aromatic carbocycles. The van der Waals surface area contributed by atoms with E-state index in [4.69, 9.17) is 9.84 Å². The van der Waals surface area contributed by atoms with Gasteiger partial charge in [-0.15, -0.1) is 11.3 Å². The lowest BCUT2D eigenvalue weighted by atomic mass is 10.3. The first kappa shape index (κ1) is 13.9. The van der Waals surface area contributed by atoms with Crippen molar-refractivity contribution in [1.29, 1.82) is 0 Å². The second kappa shape index (κ2) is 6.11. The van der Waals surface area contributed by atoms with Crippen LogP contribution in [0.15, 0.2) is 23.8 Å². The van der Waals surface area contributed by atoms with E-state index in [0.29, 0.717) is 16.6 Å². The van der Waals surface area contributed by atoms with Crippen LogP contribution >= 0.6 is 11.3 Å². The van der Waals surface area contributed by atoms with E-state index in [1.165, 1.54) is 36.7 Å². The van der Waals surface area contributed by atoms with Crippen molar-refractivity contribution in [3.8, 4) is 5.75 Å². The fourth-order valence-electron chi connectivity index (χ4n) is 1.35. The van der Waals surface area contributed by atoms with E-state index in [1.54, 1.807) is 5.38 Å². The van der Waals surface area contributed by atoms with Crippen molar-refractivity contribution in [3.63, 3.8) is 0 Å². The fourth-order valence-corrected chi connectivity index (χ4v) is 2.09. The molecule has 0 fully saturated rings. The van der Waals surface area contributed by atoms with E-state index >= 15 is 0 Å². The van der Waals surface area contributed by atoms with Gasteiger partial charge in [0.1, 0.15) is 12.4 Å². The average molecular weight is 293 g/mol. The maximum absolute atomic E-state index is 10.9. The van der Waals surface area contributed by atoms with Gasteiger partial charge in [0.25, 0.3) is 0 Å². The molecule has 2 rings (SSSR count). The second-order valence-electron chi connectivity index (χ2n) is 3.83. The number of carbonyl (C=O) groups excluding carboxylic acids is 1. The quantitative estimate of drug-likeness (QED) is 0.871. The van der Waals surface area contributed by atoms with E-state index in [1.807, 2.05) is 0 Å². The second-order valence-corrected chi connectivity index (χ2v) is 4.69. The van der Waals surface area contributed by atoms with Crippen LogP contribution in [-0.2, 0) is 11.4 Å². The predicted octanol–water partition coefficient (Wildman–Crippen LogP) is 1.77. The minimum atomic E-state index is -1.07. The highest BCUT2D eigenvalue weighted by Gasteiger charge is 2.07. The number of anilines is 1. The van der Waals surface area contributed by atoms with Crippen LogP contribution in [0.1, 0.15) is 23.0 Å². The summed E-state index contributed by atoms with van der Waals surface area (Å²) in [5.41, 5.74) is 0.694. The number of hydrogen-bond donors (Lipinski definition) is 2. The number of aromatic carboxylic acids is 1. The third kappa shape index (κ3) is 3.75. The topological polar surface area (TPSA) is 101 Å². The molecule has 20 heavy (non-hydrogen) atoms. The lowest BCUT2D eigenvalue weighted by molar-refractivity contribution is -0.114. The Balaban J connectivity index is 1.98. The zero-order chi connectivity index (χ0) is 14.5. The van der Waals surface area contributed by atoms with Crippen LogP contribution < -0.4 is 10.1 Å². The third-order valence-electron chi connectivity index (χ3n) is 2.18. The molecule has 0 spiro atoms. The Morgan fingerprint density at radius 3 is 2.95 bits per heavy atom. The number of carbonyl (C=O) groups is 2. The molecule has 0 aliphatic carbocycles. The molecule has 104 valence electrons. The molecule has 2 aromatic rings. The first-order valence-electron chi connectivity index (χ1n) is 5.58. The number of pyridine rings is 1. The van der Waals surface area contributed by atoms with Gasteiger partial charge >= 0.3 is 5.97 Å². The molecule has 0 unspecified atom stereocenters. The van der Waals surface area contributed by atoms with Crippen molar-refractivity contribution in [2.75, 3.05) is 5.32 Å². The summed E-state index contributed by atoms with van der Waals surface area (Å²) in [6.07, 6.45) is 2.67. The molecule has 0 aliphatic heterocycles. The maximum Gasteiger partial charge on any atom is 0.337 e. The standard InChI is InChI=1S/C12H11N3O4S/c1-7(16)14-12-15-9(6-20-12)5-19-10-2-8(11(17)18)3-13-4-10/h2-4,6H,5H2,1H3,(H,17,18)(H,14,15,16). The Kier molecular flexibility index (Phi) is 4.26. The van der Waals surface area contributed by atoms with E-state index in [9.17, 15) is 9.59 Å². The van der Waals surface area contributed by atoms with Crippen LogP contribution in [0.2, 0.25) is 0 Å². The summed E-state index contributed by atoms with van der Waals surface area (Å²) in [5, 5.41) is 13.6. The van der Waals surface area contributed by atoms with Gasteiger partial charge in [-0.3, -0.25) is 9.78 Å². The van der Waals surface area contributed by atoms with Crippen molar-refractivity contribution in [2.45, 2.75) is 13.5 Å². The molecular weight excluding hydrogens is 282 g/mol. The number of thiazole rings is 1. The molecule has 0 bridgehead atoms. The highest BCUT2D eigenvalue weighted by Crippen LogP contribution is 2.18. The molecule has 2 aromatic heterocycles. The SMILES string of the molecule is CC(=O)Nc1nc(COc2cncc(C(=O)O)c2)cs1. The molecule has 2 N–H and O–H groups in total. The maximum atomic E-state index is 10.9. The highest BCUT2D eigenvalue weighted by atomic mass is 32.1. The van der Waals surface area contributed by atoms with E-state index in [0.717, 1.165) is 0 Å². The van der Waals surface area contributed by atoms with Crippen LogP contribution in [0.25, 0.3) is 0 Å². The van der Waals surface area contributed by atoms with Gasteiger partial charge in [0.15, 0.2) is 5.13 Å². The number of nitrogens with zero attached hydrogens (tertiary/aromatic N) is 2. The lowest BCUT2D eigenvalue weighted by Gasteiger charge is -2.04. The van der Waals surface area contributed by atoms with Crippen LogP contribution in [0.4, 0.5) is 5.13 Å². The molecule has 8 heteroatoms. The lowest BCUT2D eigenvalue weighted by Crippen LogP contribution is -2.05. The van der Waals surface area contributed by atoms with Crippen molar-refractivity contribution in [1.82, 2.24) is 9.97 Å². The van der Waals surface area contributed by atoms with Gasteiger partial charge in [0.2, 0.25) is 5.91 Å². The van der Waals surface area contributed by atoms with Gasteiger partial charge in [-0.1, -0.05) is 0 Å². The predicted molar refractivity (Wildman–Crippen MR) is 71.9 cm³/mol. The Bertz CT molecular complexity index is 641. The molecule has 0 aliphatic rings. The number of ether oxygens (including phenoxy) is 1. The summed E-state index contributed by atoms with van der Waals surface area (Å²) in [7, 11) is 0. The number of carboxylic acid groups (broad SMARTS) is 1. The van der Waals surface area contributed by atoms with Crippen LogP contribution in [0.5, 0.6) is 5.75 Å². The van der Waals surface area contributed by atoms with Gasteiger partial charge in [0.05, 0.1) is 17.5 Å². The van der Waals surface area contributed by atoms with Crippen LogP contribution in [0, 0.1) is 0 Å². The van der Waals surface area contributed by atoms with Gasteiger partial charge in [-0.25, -0.2) is 9.78 Å². The van der Waals surface area contributed by atoms with E-state index < -0.39 is 5.97 Å². The van der Waals surface area contributed by atoms with Crippen molar-refractivity contribution in [2.24, 2.45) is 0 Å². The largest absolute Gasteiger partial charge is 0.486 e. The molecule has 1 amide bonds. The minimum Gasteiger partial charge on any atom is -0.486 e. The Morgan fingerprint density at radius 1 is 1.45 bits per heavy atom. The summed E-state index contributed by atoms with van der Waals surface area (Å²) < 4.78 is 5.41. The monoisotopic (exact) mass is 293 g/mol. The number of hydrogen-bond acceptors (Lipinski definition) is 6. The van der Waals surface area contributed by atoms with Crippen molar-refractivity contribution < 1.29 is 19.4 Å². The summed E-state index contributed by atoms with van der Waals surface area (Å²) >= 11 is 1.29. The molecule has 2 heterocycles. The fraction of sp³-hybridized carbons (Fsp3) is 0.167. The highest BCUT2D eigenvalue weighted by molar-refractivity contribution is 7.13. The number of carboxylic acids is 1. The number of amides is 1. The minimum absolute atomic E-state index is 0.0553. The molecule has 0 saturated heterocycles. The Hall–Kier alpha value is -2.48. The molecule has 7 nitrogen and oxygen atoms in total. The molecule has 0 atom stereocenters. The summed E-state index contributed by atoms with van der Waals surface area (Å²) in [5.74, 6) is -0.909. The van der Waals surface area contributed by atoms with Crippen LogP contribution in [0.3, 0.4) is 0 Å². The van der Waals surface area contributed by atoms with Gasteiger partial charge in [-0.05, 0) is 6.07 Å². The summed E-state index contributed by atoms with van der Waals surface area (Å²) in [4.78, 5) is 29.6. The Morgan fingerprint density at radius 2 is 2.25 bits per heavy atom. The number of rotatable bonds is 5. The average Bonchev–Trinajstić information content (AvgIpc) is 2.83. The first-order valence-corrected chi connectivity index (χ1v) is 6.45. The summed E-state index contributed by atoms with van der Waals surface area (Å²) in [6.45, 7) is 1.57. The van der Waals surface area contributed by atoms with Crippen molar-refractivity contribution >= 4 is 28.3 Å². The van der Waals surface area contributed by atoms with Gasteiger partial charge in [-0.2, -0.15) is 0 Å². The van der Waals surface area contributed by atoms with E-state index in [-0.39, 0.29) is 18.1 Å². The molecular formula is C12H11N3O4S. The number of nitrogens with one attached hydrogen (secondary N) is 1. The molecule has 0 saturated carbocycles. The first-order chi connectivity index (χ1) is 9.54. The zero-order valence-corrected chi connectivity index (χ0v) is 11.3. The normalized spacial score (nSPS) is 10.1. The Labute approximate surface area is 118 Å². The van der Waals surface area contributed by atoms with E-state index in [2.05, 4.69) is 15.3 Å². The third-order valence-corrected chi connectivity index (χ3v) is 2.99. The van der Waals surface area contributed by atoms with Gasteiger partial charge < -0.3 is 15.2 Å². The smallest absolute Gasteiger partial charge is 0.337 e. The number of aromatic nitrogens is 2. The van der Waals surface area contributed by atoms with Gasteiger partial charge in [0, 0.05) is 18.5 Å². The van der Waals surface area contributed by atoms with Crippen molar-refractivity contribution in [3.05, 3.63) is 35.1 Å². The zero-order valence-electron chi connectivity index (χ0n) is 10.5. The molecule has 0 radical (unpaired) electrons. The van der Waals surface area contributed by atoms with Crippen LogP contribution in [-0.4, -0.2) is 27.0 Å². The summed E-state index contributed by atoms with van der Waals surface area (Å²) in [6, 6.07) is 1.39.